The van der Waals surface area contributed by atoms with Crippen molar-refractivity contribution in [2.75, 3.05) is 0 Å². The van der Waals surface area contributed by atoms with Crippen LogP contribution in [0.1, 0.15) is 60.8 Å². The van der Waals surface area contributed by atoms with Crippen LogP contribution < -0.4 is 0 Å². The highest BCUT2D eigenvalue weighted by atomic mass is 14.1. The normalized spacial score (nSPS) is 14.9. The van der Waals surface area contributed by atoms with Crippen molar-refractivity contribution in [3.8, 4) is 0 Å². The van der Waals surface area contributed by atoms with E-state index in [1.54, 1.807) is 0 Å². The summed E-state index contributed by atoms with van der Waals surface area (Å²) in [4.78, 5) is 0. The molecule has 0 radical (unpaired) electrons. The fourth-order valence-corrected chi connectivity index (χ4v) is 1.21. The van der Waals surface area contributed by atoms with Gasteiger partial charge < -0.3 is 0 Å². The third-order valence-electron chi connectivity index (χ3n) is 2.64. The first kappa shape index (κ1) is 15.2. The minimum atomic E-state index is 0.885. The van der Waals surface area contributed by atoms with Gasteiger partial charge in [-0.2, -0.15) is 0 Å². The van der Waals surface area contributed by atoms with E-state index in [4.69, 9.17) is 0 Å². The Morgan fingerprint density at radius 3 is 2.00 bits per heavy atom. The highest BCUT2D eigenvalue weighted by Crippen LogP contribution is 2.19. The van der Waals surface area contributed by atoms with Crippen LogP contribution in [0.2, 0.25) is 0 Å². The van der Waals surface area contributed by atoms with Gasteiger partial charge in [-0.05, 0) is 31.6 Å². The van der Waals surface area contributed by atoms with Gasteiger partial charge in [0.25, 0.3) is 0 Å². The largest absolute Gasteiger partial charge is 0.0917 e. The molecule has 0 aliphatic heterocycles. The first-order valence-electron chi connectivity index (χ1n) is 5.83. The second kappa shape index (κ2) is 11.7. The van der Waals surface area contributed by atoms with Crippen molar-refractivity contribution >= 4 is 0 Å². The quantitative estimate of drug-likeness (QED) is 0.524. The molecule has 13 heavy (non-hydrogen) atoms. The molecule has 0 heteroatoms. The summed E-state index contributed by atoms with van der Waals surface area (Å²) in [6, 6.07) is 0. The summed E-state index contributed by atoms with van der Waals surface area (Å²) in [5, 5.41) is 0. The van der Waals surface area contributed by atoms with Gasteiger partial charge in [0.05, 0.1) is 0 Å². The Labute approximate surface area is 85.4 Å². The van der Waals surface area contributed by atoms with Crippen LogP contribution in [0.5, 0.6) is 0 Å². The zero-order valence-electron chi connectivity index (χ0n) is 10.4. The molecule has 0 saturated heterocycles. The standard InChI is InChI=1S/C11H22.C2H6/c1-5-7-8-9-11(4)10(3)6-2;1-2/h5,7,10-11H,6,8-9H2,1-4H3;1-2H3/b7-5-;. The lowest BCUT2D eigenvalue weighted by Crippen LogP contribution is -2.05. The van der Waals surface area contributed by atoms with E-state index in [1.165, 1.54) is 19.3 Å². The summed E-state index contributed by atoms with van der Waals surface area (Å²) in [5.41, 5.74) is 0. The van der Waals surface area contributed by atoms with Crippen LogP contribution in [0, 0.1) is 11.8 Å². The molecule has 0 aromatic rings. The van der Waals surface area contributed by atoms with E-state index in [9.17, 15) is 0 Å². The molecule has 0 saturated carbocycles. The molecule has 0 bridgehead atoms. The van der Waals surface area contributed by atoms with Gasteiger partial charge in [-0.25, -0.2) is 0 Å². The molecule has 80 valence electrons. The topological polar surface area (TPSA) is 0 Å². The lowest BCUT2D eigenvalue weighted by molar-refractivity contribution is 0.357. The van der Waals surface area contributed by atoms with E-state index < -0.39 is 0 Å². The van der Waals surface area contributed by atoms with Gasteiger partial charge in [0.2, 0.25) is 0 Å². The summed E-state index contributed by atoms with van der Waals surface area (Å²) < 4.78 is 0. The van der Waals surface area contributed by atoms with Crippen molar-refractivity contribution in [2.24, 2.45) is 11.8 Å². The highest BCUT2D eigenvalue weighted by molar-refractivity contribution is 4.77. The van der Waals surface area contributed by atoms with Gasteiger partial charge in [0.15, 0.2) is 0 Å². The van der Waals surface area contributed by atoms with Gasteiger partial charge >= 0.3 is 0 Å². The Bertz CT molecular complexity index is 103. The van der Waals surface area contributed by atoms with Gasteiger partial charge in [-0.15, -0.1) is 0 Å². The SMILES string of the molecule is C/C=C\CCC(C)C(C)CC.CC. The molecule has 0 nitrogen and oxygen atoms in total. The van der Waals surface area contributed by atoms with Crippen molar-refractivity contribution in [3.63, 3.8) is 0 Å². The van der Waals surface area contributed by atoms with Crippen LogP contribution in [0.3, 0.4) is 0 Å². The maximum atomic E-state index is 2.36. The van der Waals surface area contributed by atoms with Crippen molar-refractivity contribution in [2.45, 2.75) is 60.8 Å². The fourth-order valence-electron chi connectivity index (χ4n) is 1.21. The van der Waals surface area contributed by atoms with Crippen molar-refractivity contribution < 1.29 is 0 Å². The summed E-state index contributed by atoms with van der Waals surface area (Å²) in [7, 11) is 0. The van der Waals surface area contributed by atoms with Crippen molar-refractivity contribution in [1.29, 1.82) is 0 Å². The molecular formula is C13H28. The highest BCUT2D eigenvalue weighted by Gasteiger charge is 2.07. The van der Waals surface area contributed by atoms with Crippen molar-refractivity contribution in [1.82, 2.24) is 0 Å². The number of hydrogen-bond acceptors (Lipinski definition) is 0. The summed E-state index contributed by atoms with van der Waals surface area (Å²) in [6.07, 6.45) is 8.32. The number of hydrogen-bond donors (Lipinski definition) is 0. The predicted octanol–water partition coefficient (Wildman–Crippen LogP) is 5.05. The van der Waals surface area contributed by atoms with Crippen LogP contribution in [0.15, 0.2) is 12.2 Å². The van der Waals surface area contributed by atoms with E-state index >= 15 is 0 Å². The molecule has 2 atom stereocenters. The first-order chi connectivity index (χ1) is 6.22. The minimum Gasteiger partial charge on any atom is -0.0917 e. The maximum absolute atomic E-state index is 2.36. The average molecular weight is 184 g/mol. The Balaban J connectivity index is 0. The lowest BCUT2D eigenvalue weighted by Gasteiger charge is -2.16. The summed E-state index contributed by atoms with van der Waals surface area (Å²) >= 11 is 0. The molecule has 0 aromatic carbocycles. The zero-order valence-corrected chi connectivity index (χ0v) is 10.4. The molecule has 0 spiro atoms. The van der Waals surface area contributed by atoms with Crippen LogP contribution in [-0.4, -0.2) is 0 Å². The molecular weight excluding hydrogens is 156 g/mol. The van der Waals surface area contributed by atoms with E-state index in [-0.39, 0.29) is 0 Å². The van der Waals surface area contributed by atoms with Crippen LogP contribution >= 0.6 is 0 Å². The van der Waals surface area contributed by atoms with Gasteiger partial charge in [0, 0.05) is 0 Å². The minimum absolute atomic E-state index is 0.885. The monoisotopic (exact) mass is 184 g/mol. The molecule has 0 aliphatic rings. The van der Waals surface area contributed by atoms with Gasteiger partial charge in [0.1, 0.15) is 0 Å². The van der Waals surface area contributed by atoms with Crippen LogP contribution in [-0.2, 0) is 0 Å². The van der Waals surface area contributed by atoms with Crippen molar-refractivity contribution in [3.05, 3.63) is 12.2 Å². The first-order valence-corrected chi connectivity index (χ1v) is 5.83. The molecule has 2 unspecified atom stereocenters. The predicted molar refractivity (Wildman–Crippen MR) is 64.0 cm³/mol. The van der Waals surface area contributed by atoms with E-state index in [1.807, 2.05) is 13.8 Å². The van der Waals surface area contributed by atoms with E-state index in [0.717, 1.165) is 11.8 Å². The van der Waals surface area contributed by atoms with E-state index in [2.05, 4.69) is 39.8 Å². The molecule has 0 rings (SSSR count). The number of allylic oxidation sites excluding steroid dienone is 2. The smallest absolute Gasteiger partial charge is 0.0348 e. The zero-order chi connectivity index (χ0) is 10.7. The molecule has 0 aliphatic carbocycles. The third kappa shape index (κ3) is 9.66. The second-order valence-electron chi connectivity index (χ2n) is 3.51. The maximum Gasteiger partial charge on any atom is -0.0348 e. The molecule has 0 N–H and O–H groups in total. The van der Waals surface area contributed by atoms with E-state index in [0.29, 0.717) is 0 Å². The van der Waals surface area contributed by atoms with Gasteiger partial charge in [-0.3, -0.25) is 0 Å². The average Bonchev–Trinajstić information content (AvgIpc) is 2.20. The van der Waals surface area contributed by atoms with Crippen LogP contribution in [0.25, 0.3) is 0 Å². The Morgan fingerprint density at radius 1 is 1.08 bits per heavy atom. The molecule has 0 heterocycles. The Kier molecular flexibility index (Phi) is 13.7. The summed E-state index contributed by atoms with van der Waals surface area (Å²) in [5.74, 6) is 1.77. The molecule has 0 fully saturated rings. The van der Waals surface area contributed by atoms with Gasteiger partial charge in [-0.1, -0.05) is 53.2 Å². The fraction of sp³-hybridized carbons (Fsp3) is 0.846. The Hall–Kier alpha value is -0.260. The molecule has 0 amide bonds. The Morgan fingerprint density at radius 2 is 1.62 bits per heavy atom. The molecule has 0 aromatic heterocycles. The summed E-state index contributed by atoms with van der Waals surface area (Å²) in [6.45, 7) is 13.1. The second-order valence-corrected chi connectivity index (χ2v) is 3.51. The number of rotatable bonds is 5. The third-order valence-corrected chi connectivity index (χ3v) is 2.64. The lowest BCUT2D eigenvalue weighted by atomic mass is 9.90. The van der Waals surface area contributed by atoms with Crippen LogP contribution in [0.4, 0.5) is 0 Å².